The molecule has 0 aromatic heterocycles. The summed E-state index contributed by atoms with van der Waals surface area (Å²) in [5, 5.41) is 15.0. The number of carbonyl (C=O) groups excluding carboxylic acids is 2. The fraction of sp³-hybridized carbons (Fsp3) is 0.286. The number of non-ortho nitro benzene ring substituents is 1. The second-order valence-corrected chi connectivity index (χ2v) is 9.33. The second kappa shape index (κ2) is 9.33. The van der Waals surface area contributed by atoms with Crippen LogP contribution in [0.5, 0.6) is 0 Å². The summed E-state index contributed by atoms with van der Waals surface area (Å²) < 4.78 is 0. The van der Waals surface area contributed by atoms with Gasteiger partial charge in [-0.15, -0.1) is 0 Å². The number of hydrogen-bond donors (Lipinski definition) is 1. The first-order valence-electron chi connectivity index (χ1n) is 12.4. The number of nitrogens with zero attached hydrogens (tertiary/aromatic N) is 4. The predicted octanol–water partition coefficient (Wildman–Crippen LogP) is 4.31. The molecule has 0 spiro atoms. The van der Waals surface area contributed by atoms with Crippen molar-refractivity contribution in [3.05, 3.63) is 94.0 Å². The Balaban J connectivity index is 1.46. The zero-order valence-corrected chi connectivity index (χ0v) is 21.0. The summed E-state index contributed by atoms with van der Waals surface area (Å²) in [4.78, 5) is 42.3. The van der Waals surface area contributed by atoms with Crippen LogP contribution in [0.4, 0.5) is 22.7 Å². The van der Waals surface area contributed by atoms with E-state index in [0.717, 1.165) is 30.0 Å². The van der Waals surface area contributed by atoms with Crippen LogP contribution < -0.4 is 15.1 Å². The monoisotopic (exact) mass is 499 g/mol. The van der Waals surface area contributed by atoms with Gasteiger partial charge in [-0.3, -0.25) is 29.5 Å². The Morgan fingerprint density at radius 2 is 1.73 bits per heavy atom. The largest absolute Gasteiger partial charge is 0.358 e. The molecule has 2 atom stereocenters. The lowest BCUT2D eigenvalue weighted by Gasteiger charge is -2.52. The second-order valence-electron chi connectivity index (χ2n) is 9.33. The third-order valence-electron chi connectivity index (χ3n) is 7.44. The molecule has 1 saturated heterocycles. The number of nitro benzene ring substituents is 1. The van der Waals surface area contributed by atoms with Crippen LogP contribution in [-0.4, -0.2) is 48.3 Å². The highest BCUT2D eigenvalue weighted by molar-refractivity contribution is 6.16. The van der Waals surface area contributed by atoms with Gasteiger partial charge >= 0.3 is 0 Å². The van der Waals surface area contributed by atoms with Gasteiger partial charge in [-0.05, 0) is 54.5 Å². The Morgan fingerprint density at radius 1 is 1.05 bits per heavy atom. The number of nitrogens with one attached hydrogen (secondary N) is 1. The van der Waals surface area contributed by atoms with Crippen LogP contribution in [0.25, 0.3) is 0 Å². The number of hydrogen-bond acceptors (Lipinski definition) is 6. The minimum Gasteiger partial charge on any atom is -0.358 e. The Bertz CT molecular complexity index is 1360. The molecule has 2 aliphatic rings. The van der Waals surface area contributed by atoms with Crippen LogP contribution in [0.15, 0.2) is 72.8 Å². The van der Waals surface area contributed by atoms with Crippen LogP contribution in [0.1, 0.15) is 30.9 Å². The molecule has 9 heteroatoms. The maximum Gasteiger partial charge on any atom is 0.269 e. The van der Waals surface area contributed by atoms with Crippen LogP contribution in [0.3, 0.4) is 0 Å². The molecule has 2 bridgehead atoms. The molecule has 0 radical (unpaired) electrons. The molecular weight excluding hydrogens is 470 g/mol. The van der Waals surface area contributed by atoms with E-state index < -0.39 is 16.5 Å². The molecule has 9 nitrogen and oxygen atoms in total. The molecule has 0 aliphatic carbocycles. The standard InChI is InChI=1S/C28H29N5O4/c1-4-31(5-2)18-25(34)30(3)21-13-11-20(12-14-21)29-28(19-9-7-6-8-10-19)26-23-17-22(33(36)37)15-16-24(23)32(28)27(26)35/h6-17,26,29H,4-5,18H2,1-3H3. The Kier molecular flexibility index (Phi) is 6.16. The van der Waals surface area contributed by atoms with Gasteiger partial charge in [0, 0.05) is 30.6 Å². The van der Waals surface area contributed by atoms with Crippen molar-refractivity contribution in [2.45, 2.75) is 25.4 Å². The van der Waals surface area contributed by atoms with Crippen molar-refractivity contribution < 1.29 is 14.5 Å². The van der Waals surface area contributed by atoms with Crippen molar-refractivity contribution in [2.75, 3.05) is 41.8 Å². The molecule has 190 valence electrons. The van der Waals surface area contributed by atoms with Crippen molar-refractivity contribution in [3.8, 4) is 0 Å². The van der Waals surface area contributed by atoms with Gasteiger partial charge in [0.05, 0.1) is 17.2 Å². The summed E-state index contributed by atoms with van der Waals surface area (Å²) in [7, 11) is 1.76. The number of rotatable bonds is 9. The number of anilines is 3. The summed E-state index contributed by atoms with van der Waals surface area (Å²) >= 11 is 0. The lowest BCUT2D eigenvalue weighted by Crippen LogP contribution is -2.67. The highest BCUT2D eigenvalue weighted by Gasteiger charge is 2.68. The van der Waals surface area contributed by atoms with E-state index in [-0.39, 0.29) is 17.5 Å². The molecule has 2 heterocycles. The molecule has 2 amide bonds. The average molecular weight is 500 g/mol. The van der Waals surface area contributed by atoms with Gasteiger partial charge in [-0.25, -0.2) is 0 Å². The minimum absolute atomic E-state index is 0.0101. The van der Waals surface area contributed by atoms with Gasteiger partial charge < -0.3 is 10.2 Å². The zero-order chi connectivity index (χ0) is 26.3. The molecule has 0 saturated carbocycles. The number of nitro groups is 1. The third kappa shape index (κ3) is 3.82. The lowest BCUT2D eigenvalue weighted by molar-refractivity contribution is -0.384. The Hall–Kier alpha value is -4.24. The number of fused-ring (bicyclic) bond motifs is 5. The van der Waals surface area contributed by atoms with E-state index in [1.165, 1.54) is 12.1 Å². The van der Waals surface area contributed by atoms with E-state index >= 15 is 0 Å². The fourth-order valence-corrected chi connectivity index (χ4v) is 5.37. The van der Waals surface area contributed by atoms with Crippen LogP contribution in [0, 0.1) is 10.1 Å². The number of β-lactam (4-membered cyclic amide) rings is 1. The molecule has 2 unspecified atom stereocenters. The Labute approximate surface area is 215 Å². The van der Waals surface area contributed by atoms with Crippen molar-refractivity contribution in [3.63, 3.8) is 0 Å². The van der Waals surface area contributed by atoms with E-state index in [1.54, 1.807) is 22.9 Å². The molecule has 1 fully saturated rings. The SMILES string of the molecule is CCN(CC)CC(=O)N(C)c1ccc(NC2(c3ccccc3)C3C(=O)N2c2ccc([N+](=O)[O-])cc23)cc1. The summed E-state index contributed by atoms with van der Waals surface area (Å²) in [6, 6.07) is 21.7. The lowest BCUT2D eigenvalue weighted by atomic mass is 9.76. The van der Waals surface area contributed by atoms with E-state index in [9.17, 15) is 19.7 Å². The van der Waals surface area contributed by atoms with Gasteiger partial charge in [0.2, 0.25) is 11.8 Å². The molecule has 3 aromatic carbocycles. The van der Waals surface area contributed by atoms with E-state index in [4.69, 9.17) is 0 Å². The van der Waals surface area contributed by atoms with Crippen molar-refractivity contribution >= 4 is 34.6 Å². The Morgan fingerprint density at radius 3 is 2.35 bits per heavy atom. The fourth-order valence-electron chi connectivity index (χ4n) is 5.37. The number of benzene rings is 3. The third-order valence-corrected chi connectivity index (χ3v) is 7.44. The van der Waals surface area contributed by atoms with Crippen molar-refractivity contribution in [1.82, 2.24) is 4.90 Å². The van der Waals surface area contributed by atoms with Gasteiger partial charge in [0.1, 0.15) is 5.92 Å². The summed E-state index contributed by atoms with van der Waals surface area (Å²) in [5.41, 5.74) is 2.80. The molecule has 5 rings (SSSR count). The minimum atomic E-state index is -0.901. The quantitative estimate of drug-likeness (QED) is 0.268. The highest BCUT2D eigenvalue weighted by Crippen LogP contribution is 2.62. The number of carbonyl (C=O) groups is 2. The molecule has 3 aromatic rings. The average Bonchev–Trinajstić information content (AvgIpc) is 3.40. The van der Waals surface area contributed by atoms with Crippen LogP contribution in [-0.2, 0) is 15.3 Å². The molecular formula is C28H29N5O4. The van der Waals surface area contributed by atoms with Crippen molar-refractivity contribution in [2.24, 2.45) is 0 Å². The van der Waals surface area contributed by atoms with Crippen molar-refractivity contribution in [1.29, 1.82) is 0 Å². The first kappa shape index (κ1) is 24.5. The number of amides is 2. The van der Waals surface area contributed by atoms with Gasteiger partial charge in [0.15, 0.2) is 5.66 Å². The first-order chi connectivity index (χ1) is 17.8. The maximum absolute atomic E-state index is 13.2. The molecule has 2 aliphatic heterocycles. The first-order valence-corrected chi connectivity index (χ1v) is 12.4. The maximum atomic E-state index is 13.2. The highest BCUT2D eigenvalue weighted by atomic mass is 16.6. The normalized spacial score (nSPS) is 19.4. The van der Waals surface area contributed by atoms with Crippen LogP contribution in [0.2, 0.25) is 0 Å². The van der Waals surface area contributed by atoms with E-state index in [0.29, 0.717) is 17.8 Å². The zero-order valence-electron chi connectivity index (χ0n) is 21.0. The smallest absolute Gasteiger partial charge is 0.269 e. The van der Waals surface area contributed by atoms with Gasteiger partial charge in [0.25, 0.3) is 5.69 Å². The van der Waals surface area contributed by atoms with E-state index in [1.807, 2.05) is 68.4 Å². The van der Waals surface area contributed by atoms with E-state index in [2.05, 4.69) is 10.2 Å². The van der Waals surface area contributed by atoms with Crippen LogP contribution >= 0.6 is 0 Å². The summed E-state index contributed by atoms with van der Waals surface area (Å²) in [6.07, 6.45) is 0. The van der Waals surface area contributed by atoms with Gasteiger partial charge in [-0.1, -0.05) is 44.2 Å². The van der Waals surface area contributed by atoms with Gasteiger partial charge in [-0.2, -0.15) is 0 Å². The summed E-state index contributed by atoms with van der Waals surface area (Å²) in [5.74, 6) is -0.677. The topological polar surface area (TPSA) is 99.0 Å². The molecule has 37 heavy (non-hydrogen) atoms. The summed E-state index contributed by atoms with van der Waals surface area (Å²) in [6.45, 7) is 6.03. The predicted molar refractivity (Wildman–Crippen MR) is 143 cm³/mol. The molecule has 1 N–H and O–H groups in total. The number of likely N-dealkylation sites (N-methyl/N-ethyl adjacent to an activating group) is 2.